The molecule has 0 saturated carbocycles. The van der Waals surface area contributed by atoms with Crippen molar-refractivity contribution in [1.82, 2.24) is 0 Å². The first-order valence-corrected chi connectivity index (χ1v) is 5.46. The van der Waals surface area contributed by atoms with Crippen molar-refractivity contribution in [2.45, 2.75) is 38.7 Å². The Morgan fingerprint density at radius 3 is 2.87 bits per heavy atom. The van der Waals surface area contributed by atoms with Gasteiger partial charge >= 0.3 is 0 Å². The van der Waals surface area contributed by atoms with Gasteiger partial charge in [-0.3, -0.25) is 0 Å². The van der Waals surface area contributed by atoms with Crippen LogP contribution < -0.4 is 0 Å². The summed E-state index contributed by atoms with van der Waals surface area (Å²) in [6, 6.07) is 5.32. The zero-order chi connectivity index (χ0) is 11.1. The summed E-state index contributed by atoms with van der Waals surface area (Å²) in [6.07, 6.45) is 0.749. The highest BCUT2D eigenvalue weighted by Crippen LogP contribution is 2.40. The standard InChI is InChI=1S/C13H17FO/c1-4-11-12-9(6-5-7-10(12)14)13(2,3)8-15-11/h5-7,11H,4,8H2,1-3H3/t11-/m0/s1. The van der Waals surface area contributed by atoms with Crippen molar-refractivity contribution in [1.29, 1.82) is 0 Å². The molecule has 1 aliphatic heterocycles. The van der Waals surface area contributed by atoms with Crippen molar-refractivity contribution in [2.75, 3.05) is 6.61 Å². The van der Waals surface area contributed by atoms with Crippen LogP contribution in [0.3, 0.4) is 0 Å². The lowest BCUT2D eigenvalue weighted by Gasteiger charge is -2.37. The van der Waals surface area contributed by atoms with Crippen molar-refractivity contribution in [3.8, 4) is 0 Å². The Hall–Kier alpha value is -0.890. The third kappa shape index (κ3) is 1.67. The largest absolute Gasteiger partial charge is 0.373 e. The van der Waals surface area contributed by atoms with Crippen molar-refractivity contribution in [3.63, 3.8) is 0 Å². The molecule has 2 rings (SSSR count). The van der Waals surface area contributed by atoms with Gasteiger partial charge in [-0.05, 0) is 18.1 Å². The van der Waals surface area contributed by atoms with Crippen molar-refractivity contribution in [2.24, 2.45) is 0 Å². The van der Waals surface area contributed by atoms with E-state index in [-0.39, 0.29) is 17.3 Å². The second kappa shape index (κ2) is 3.60. The van der Waals surface area contributed by atoms with Gasteiger partial charge in [0.1, 0.15) is 5.82 Å². The Morgan fingerprint density at radius 2 is 2.20 bits per heavy atom. The van der Waals surface area contributed by atoms with Gasteiger partial charge in [0.15, 0.2) is 0 Å². The molecule has 0 amide bonds. The van der Waals surface area contributed by atoms with E-state index in [4.69, 9.17) is 4.74 Å². The van der Waals surface area contributed by atoms with E-state index in [9.17, 15) is 4.39 Å². The SMILES string of the molecule is CC[C@@H]1OCC(C)(C)c2cccc(F)c21. The van der Waals surface area contributed by atoms with E-state index in [1.807, 2.05) is 13.0 Å². The predicted molar refractivity (Wildman–Crippen MR) is 58.4 cm³/mol. The van der Waals surface area contributed by atoms with E-state index >= 15 is 0 Å². The maximum atomic E-state index is 13.8. The Morgan fingerprint density at radius 1 is 1.47 bits per heavy atom. The maximum Gasteiger partial charge on any atom is 0.129 e. The minimum absolute atomic E-state index is 0.0748. The molecule has 1 heterocycles. The van der Waals surface area contributed by atoms with Gasteiger partial charge in [0, 0.05) is 11.0 Å². The Balaban J connectivity index is 2.58. The fourth-order valence-corrected chi connectivity index (χ4v) is 2.25. The van der Waals surface area contributed by atoms with E-state index in [0.29, 0.717) is 6.61 Å². The molecule has 1 atom stereocenters. The van der Waals surface area contributed by atoms with Crippen LogP contribution in [0.1, 0.15) is 44.4 Å². The molecule has 1 aromatic rings. The van der Waals surface area contributed by atoms with Gasteiger partial charge in [-0.1, -0.05) is 32.9 Å². The average Bonchev–Trinajstić information content (AvgIpc) is 2.19. The van der Waals surface area contributed by atoms with E-state index < -0.39 is 0 Å². The lowest BCUT2D eigenvalue weighted by atomic mass is 9.78. The van der Waals surface area contributed by atoms with Crippen LogP contribution in [-0.2, 0) is 10.2 Å². The summed E-state index contributed by atoms with van der Waals surface area (Å²) in [4.78, 5) is 0. The topological polar surface area (TPSA) is 9.23 Å². The quantitative estimate of drug-likeness (QED) is 0.685. The first kappa shape index (κ1) is 10.6. The highest BCUT2D eigenvalue weighted by atomic mass is 19.1. The molecule has 1 aromatic carbocycles. The van der Waals surface area contributed by atoms with Crippen LogP contribution in [0.2, 0.25) is 0 Å². The first-order chi connectivity index (χ1) is 7.06. The van der Waals surface area contributed by atoms with Crippen molar-refractivity contribution in [3.05, 3.63) is 35.1 Å². The summed E-state index contributed by atoms with van der Waals surface area (Å²) in [5.41, 5.74) is 1.78. The van der Waals surface area contributed by atoms with Gasteiger partial charge in [0.25, 0.3) is 0 Å². The number of benzene rings is 1. The number of fused-ring (bicyclic) bond motifs is 1. The maximum absolute atomic E-state index is 13.8. The lowest BCUT2D eigenvalue weighted by Crippen LogP contribution is -2.33. The van der Waals surface area contributed by atoms with E-state index in [1.165, 1.54) is 6.07 Å². The summed E-state index contributed by atoms with van der Waals surface area (Å²) in [5, 5.41) is 0. The Kier molecular flexibility index (Phi) is 2.55. The molecule has 1 nitrogen and oxygen atoms in total. The minimum Gasteiger partial charge on any atom is -0.373 e. The van der Waals surface area contributed by atoms with Crippen LogP contribution in [0, 0.1) is 5.82 Å². The van der Waals surface area contributed by atoms with E-state index in [0.717, 1.165) is 17.5 Å². The molecular weight excluding hydrogens is 191 g/mol. The van der Waals surface area contributed by atoms with Gasteiger partial charge in [-0.25, -0.2) is 4.39 Å². The molecule has 82 valence electrons. The number of hydrogen-bond acceptors (Lipinski definition) is 1. The highest BCUT2D eigenvalue weighted by Gasteiger charge is 2.34. The molecule has 0 unspecified atom stereocenters. The molecular formula is C13H17FO. The molecule has 0 spiro atoms. The Labute approximate surface area is 90.3 Å². The Bertz CT molecular complexity index is 371. The summed E-state index contributed by atoms with van der Waals surface area (Å²) < 4.78 is 19.5. The van der Waals surface area contributed by atoms with Gasteiger partial charge in [0.05, 0.1) is 12.7 Å². The minimum atomic E-state index is -0.132. The van der Waals surface area contributed by atoms with Crippen LogP contribution in [0.5, 0.6) is 0 Å². The second-order valence-corrected chi connectivity index (χ2v) is 4.79. The molecule has 0 N–H and O–H groups in total. The third-order valence-electron chi connectivity index (χ3n) is 3.12. The summed E-state index contributed by atoms with van der Waals surface area (Å²) in [7, 11) is 0. The first-order valence-electron chi connectivity index (χ1n) is 5.46. The summed E-state index contributed by atoms with van der Waals surface area (Å²) in [6.45, 7) is 6.88. The molecule has 2 heteroatoms. The number of rotatable bonds is 1. The van der Waals surface area contributed by atoms with Gasteiger partial charge < -0.3 is 4.74 Å². The molecule has 1 aliphatic rings. The van der Waals surface area contributed by atoms with E-state index in [2.05, 4.69) is 13.8 Å². The second-order valence-electron chi connectivity index (χ2n) is 4.79. The predicted octanol–water partition coefficient (Wildman–Crippen LogP) is 3.58. The van der Waals surface area contributed by atoms with Gasteiger partial charge in [-0.2, -0.15) is 0 Å². The number of halogens is 1. The van der Waals surface area contributed by atoms with E-state index in [1.54, 1.807) is 6.07 Å². The normalized spacial score (nSPS) is 23.6. The molecule has 15 heavy (non-hydrogen) atoms. The van der Waals surface area contributed by atoms with Gasteiger partial charge in [0.2, 0.25) is 0 Å². The number of hydrogen-bond donors (Lipinski definition) is 0. The molecule has 0 aliphatic carbocycles. The van der Waals surface area contributed by atoms with Crippen LogP contribution >= 0.6 is 0 Å². The van der Waals surface area contributed by atoms with Crippen LogP contribution in [0.25, 0.3) is 0 Å². The molecule has 0 aromatic heterocycles. The molecule has 0 bridgehead atoms. The monoisotopic (exact) mass is 208 g/mol. The zero-order valence-corrected chi connectivity index (χ0v) is 9.51. The fraction of sp³-hybridized carbons (Fsp3) is 0.538. The van der Waals surface area contributed by atoms with Gasteiger partial charge in [-0.15, -0.1) is 0 Å². The molecule has 0 radical (unpaired) electrons. The van der Waals surface area contributed by atoms with Crippen molar-refractivity contribution < 1.29 is 9.13 Å². The lowest BCUT2D eigenvalue weighted by molar-refractivity contribution is 0.00223. The zero-order valence-electron chi connectivity index (χ0n) is 9.51. The van der Waals surface area contributed by atoms with Crippen LogP contribution in [0.15, 0.2) is 18.2 Å². The molecule has 0 fully saturated rings. The van der Waals surface area contributed by atoms with Crippen molar-refractivity contribution >= 4 is 0 Å². The smallest absolute Gasteiger partial charge is 0.129 e. The molecule has 0 saturated heterocycles. The van der Waals surface area contributed by atoms with Crippen LogP contribution in [-0.4, -0.2) is 6.61 Å². The summed E-state index contributed by atoms with van der Waals surface area (Å²) in [5.74, 6) is -0.132. The highest BCUT2D eigenvalue weighted by molar-refractivity contribution is 5.38. The summed E-state index contributed by atoms with van der Waals surface area (Å²) >= 11 is 0. The average molecular weight is 208 g/mol. The third-order valence-corrected chi connectivity index (χ3v) is 3.12. The number of ether oxygens (including phenoxy) is 1. The van der Waals surface area contributed by atoms with Crippen LogP contribution in [0.4, 0.5) is 4.39 Å². The fourth-order valence-electron chi connectivity index (χ4n) is 2.25.